The van der Waals surface area contributed by atoms with Crippen molar-refractivity contribution in [3.05, 3.63) is 0 Å². The van der Waals surface area contributed by atoms with Crippen molar-refractivity contribution in [2.75, 3.05) is 26.3 Å². The van der Waals surface area contributed by atoms with Gasteiger partial charge in [-0.2, -0.15) is 0 Å². The topological polar surface area (TPSA) is 48.1 Å². The molecular formula is C8H22N4. The molecule has 0 radical (unpaired) electrons. The third kappa shape index (κ3) is 7.94. The first-order chi connectivity index (χ1) is 5.81. The molecule has 0 heterocycles. The Morgan fingerprint density at radius 3 is 2.33 bits per heavy atom. The summed E-state index contributed by atoms with van der Waals surface area (Å²) in [4.78, 5) is 0. The number of rotatable bonds is 8. The van der Waals surface area contributed by atoms with Gasteiger partial charge < -0.3 is 10.6 Å². The van der Waals surface area contributed by atoms with E-state index in [1.807, 2.05) is 0 Å². The summed E-state index contributed by atoms with van der Waals surface area (Å²) in [5.74, 6) is 0. The summed E-state index contributed by atoms with van der Waals surface area (Å²) >= 11 is 0. The van der Waals surface area contributed by atoms with Crippen LogP contribution in [0.15, 0.2) is 0 Å². The van der Waals surface area contributed by atoms with Gasteiger partial charge in [0, 0.05) is 12.6 Å². The van der Waals surface area contributed by atoms with Gasteiger partial charge in [-0.3, -0.25) is 5.43 Å². The fourth-order valence-electron chi connectivity index (χ4n) is 0.825. The van der Waals surface area contributed by atoms with Crippen molar-refractivity contribution in [2.24, 2.45) is 0 Å². The molecule has 0 aromatic rings. The molecule has 74 valence electrons. The van der Waals surface area contributed by atoms with Crippen LogP contribution in [0.4, 0.5) is 0 Å². The molecular weight excluding hydrogens is 152 g/mol. The Labute approximate surface area is 75.5 Å². The minimum absolute atomic E-state index is 0.462. The monoisotopic (exact) mass is 174 g/mol. The maximum Gasteiger partial charge on any atom is 0.0589 e. The summed E-state index contributed by atoms with van der Waals surface area (Å²) in [6.07, 6.45) is 0. The summed E-state index contributed by atoms with van der Waals surface area (Å²) in [6.45, 7) is 10.2. The molecule has 0 aromatic carbocycles. The van der Waals surface area contributed by atoms with Gasteiger partial charge in [0.25, 0.3) is 0 Å². The summed E-state index contributed by atoms with van der Waals surface area (Å²) in [5.41, 5.74) is 6.27. The van der Waals surface area contributed by atoms with E-state index in [1.54, 1.807) is 0 Å². The van der Waals surface area contributed by atoms with Crippen LogP contribution >= 0.6 is 0 Å². The fraction of sp³-hybridized carbons (Fsp3) is 1.00. The number of nitrogens with one attached hydrogen (secondary N) is 4. The maximum atomic E-state index is 3.27. The zero-order chi connectivity index (χ0) is 9.23. The lowest BCUT2D eigenvalue weighted by molar-refractivity contribution is 0.416. The summed E-state index contributed by atoms with van der Waals surface area (Å²) in [7, 11) is 0. The standard InChI is InChI=1S/C8H22N4/c1-4-9-6-8(3)12-11-7-10-5-2/h8-12H,4-7H2,1-3H3. The zero-order valence-electron chi connectivity index (χ0n) is 8.41. The molecule has 0 bridgehead atoms. The first kappa shape index (κ1) is 11.8. The van der Waals surface area contributed by atoms with Crippen molar-refractivity contribution in [1.29, 1.82) is 0 Å². The summed E-state index contributed by atoms with van der Waals surface area (Å²) in [5, 5.41) is 6.43. The Kier molecular flexibility index (Phi) is 8.81. The largest absolute Gasteiger partial charge is 0.315 e. The molecule has 0 saturated heterocycles. The van der Waals surface area contributed by atoms with Gasteiger partial charge in [-0.1, -0.05) is 13.8 Å². The number of hydrogen-bond acceptors (Lipinski definition) is 4. The molecule has 1 unspecified atom stereocenters. The van der Waals surface area contributed by atoms with Gasteiger partial charge in [-0.15, -0.1) is 0 Å². The minimum Gasteiger partial charge on any atom is -0.315 e. The van der Waals surface area contributed by atoms with Crippen LogP contribution < -0.4 is 21.5 Å². The molecule has 1 atom stereocenters. The van der Waals surface area contributed by atoms with Crippen LogP contribution in [-0.4, -0.2) is 32.3 Å². The lowest BCUT2D eigenvalue weighted by atomic mass is 10.3. The van der Waals surface area contributed by atoms with Crippen molar-refractivity contribution < 1.29 is 0 Å². The third-order valence-electron chi connectivity index (χ3n) is 1.51. The van der Waals surface area contributed by atoms with Gasteiger partial charge in [0.05, 0.1) is 6.67 Å². The first-order valence-corrected chi connectivity index (χ1v) is 4.71. The SMILES string of the molecule is CCNCNNC(C)CNCC. The fourth-order valence-corrected chi connectivity index (χ4v) is 0.825. The van der Waals surface area contributed by atoms with E-state index in [1.165, 1.54) is 0 Å². The molecule has 12 heavy (non-hydrogen) atoms. The number of hydrogen-bond donors (Lipinski definition) is 4. The van der Waals surface area contributed by atoms with Crippen LogP contribution in [0.5, 0.6) is 0 Å². The van der Waals surface area contributed by atoms with Crippen LogP contribution in [0.3, 0.4) is 0 Å². The average molecular weight is 174 g/mol. The predicted molar refractivity (Wildman–Crippen MR) is 52.8 cm³/mol. The third-order valence-corrected chi connectivity index (χ3v) is 1.51. The van der Waals surface area contributed by atoms with Crippen molar-refractivity contribution in [1.82, 2.24) is 21.5 Å². The van der Waals surface area contributed by atoms with Crippen LogP contribution in [-0.2, 0) is 0 Å². The Hall–Kier alpha value is -0.160. The lowest BCUT2D eigenvalue weighted by Crippen LogP contribution is -2.47. The molecule has 4 N–H and O–H groups in total. The van der Waals surface area contributed by atoms with Crippen LogP contribution in [0, 0.1) is 0 Å². The van der Waals surface area contributed by atoms with E-state index in [0.717, 1.165) is 26.3 Å². The quantitative estimate of drug-likeness (QED) is 0.231. The number of hydrazine groups is 1. The normalized spacial score (nSPS) is 13.2. The second kappa shape index (κ2) is 8.93. The van der Waals surface area contributed by atoms with Gasteiger partial charge >= 0.3 is 0 Å². The summed E-state index contributed by atoms with van der Waals surface area (Å²) in [6, 6.07) is 0.462. The Balaban J connectivity index is 3.02. The van der Waals surface area contributed by atoms with Gasteiger partial charge in [0.2, 0.25) is 0 Å². The second-order valence-electron chi connectivity index (χ2n) is 2.81. The maximum absolute atomic E-state index is 3.27. The molecule has 0 saturated carbocycles. The molecule has 4 heteroatoms. The molecule has 0 fully saturated rings. The summed E-state index contributed by atoms with van der Waals surface area (Å²) < 4.78 is 0. The highest BCUT2D eigenvalue weighted by Crippen LogP contribution is 1.73. The van der Waals surface area contributed by atoms with Gasteiger partial charge in [0.1, 0.15) is 0 Å². The van der Waals surface area contributed by atoms with E-state index in [2.05, 4.69) is 42.3 Å². The second-order valence-corrected chi connectivity index (χ2v) is 2.81. The van der Waals surface area contributed by atoms with Crippen molar-refractivity contribution in [3.8, 4) is 0 Å². The molecule has 0 aliphatic carbocycles. The Morgan fingerprint density at radius 1 is 1.08 bits per heavy atom. The molecule has 0 rings (SSSR count). The average Bonchev–Trinajstić information content (AvgIpc) is 2.09. The molecule has 4 nitrogen and oxygen atoms in total. The smallest absolute Gasteiger partial charge is 0.0589 e. The van der Waals surface area contributed by atoms with E-state index in [4.69, 9.17) is 0 Å². The van der Waals surface area contributed by atoms with Gasteiger partial charge in [-0.25, -0.2) is 5.43 Å². The Bertz CT molecular complexity index is 87.1. The van der Waals surface area contributed by atoms with Crippen molar-refractivity contribution in [2.45, 2.75) is 26.8 Å². The molecule has 0 amide bonds. The van der Waals surface area contributed by atoms with Gasteiger partial charge in [-0.05, 0) is 20.0 Å². The number of likely N-dealkylation sites (N-methyl/N-ethyl adjacent to an activating group) is 1. The highest BCUT2D eigenvalue weighted by atomic mass is 15.4. The Morgan fingerprint density at radius 2 is 1.75 bits per heavy atom. The van der Waals surface area contributed by atoms with Gasteiger partial charge in [0.15, 0.2) is 0 Å². The highest BCUT2D eigenvalue weighted by molar-refractivity contribution is 4.59. The predicted octanol–water partition coefficient (Wildman–Crippen LogP) is -0.354. The zero-order valence-corrected chi connectivity index (χ0v) is 8.41. The lowest BCUT2D eigenvalue weighted by Gasteiger charge is -2.14. The first-order valence-electron chi connectivity index (χ1n) is 4.71. The van der Waals surface area contributed by atoms with E-state index in [0.29, 0.717) is 6.04 Å². The molecule has 0 aliphatic rings. The van der Waals surface area contributed by atoms with E-state index < -0.39 is 0 Å². The van der Waals surface area contributed by atoms with E-state index >= 15 is 0 Å². The van der Waals surface area contributed by atoms with E-state index in [-0.39, 0.29) is 0 Å². The molecule has 0 spiro atoms. The van der Waals surface area contributed by atoms with Crippen LogP contribution in [0.1, 0.15) is 20.8 Å². The van der Waals surface area contributed by atoms with Crippen molar-refractivity contribution in [3.63, 3.8) is 0 Å². The minimum atomic E-state index is 0.462. The van der Waals surface area contributed by atoms with E-state index in [9.17, 15) is 0 Å². The molecule has 0 aliphatic heterocycles. The van der Waals surface area contributed by atoms with Crippen molar-refractivity contribution >= 4 is 0 Å². The highest BCUT2D eigenvalue weighted by Gasteiger charge is 1.96. The van der Waals surface area contributed by atoms with Crippen LogP contribution in [0.2, 0.25) is 0 Å². The van der Waals surface area contributed by atoms with Crippen LogP contribution in [0.25, 0.3) is 0 Å². The molecule has 0 aromatic heterocycles.